The summed E-state index contributed by atoms with van der Waals surface area (Å²) in [5, 5.41) is 21.7. The zero-order chi connectivity index (χ0) is 12.4. The summed E-state index contributed by atoms with van der Waals surface area (Å²) in [7, 11) is 0. The van der Waals surface area contributed by atoms with Gasteiger partial charge in [-0.2, -0.15) is 5.10 Å². The van der Waals surface area contributed by atoms with Crippen LogP contribution in [0, 0.1) is 0 Å². The van der Waals surface area contributed by atoms with Crippen LogP contribution in [0.25, 0.3) is 5.69 Å². The SMILES string of the molecule is O=C(O)c1ccc(-n2cccn2)cc1C(=O)O. The fraction of sp³-hybridized carbons (Fsp3) is 0. The van der Waals surface area contributed by atoms with Crippen molar-refractivity contribution in [3.63, 3.8) is 0 Å². The minimum absolute atomic E-state index is 0.242. The summed E-state index contributed by atoms with van der Waals surface area (Å²) in [6.45, 7) is 0. The Morgan fingerprint density at radius 2 is 1.82 bits per heavy atom. The van der Waals surface area contributed by atoms with Crippen LogP contribution in [0.1, 0.15) is 20.7 Å². The van der Waals surface area contributed by atoms with Crippen molar-refractivity contribution in [2.45, 2.75) is 0 Å². The molecule has 2 rings (SSSR count). The predicted octanol–water partition coefficient (Wildman–Crippen LogP) is 1.27. The molecule has 2 N–H and O–H groups in total. The van der Waals surface area contributed by atoms with Crippen molar-refractivity contribution in [2.24, 2.45) is 0 Å². The van der Waals surface area contributed by atoms with Gasteiger partial charge in [-0.25, -0.2) is 14.3 Å². The number of rotatable bonds is 3. The van der Waals surface area contributed by atoms with Gasteiger partial charge in [0.25, 0.3) is 0 Å². The van der Waals surface area contributed by atoms with Crippen LogP contribution in [0.3, 0.4) is 0 Å². The van der Waals surface area contributed by atoms with Gasteiger partial charge in [0.05, 0.1) is 16.8 Å². The summed E-state index contributed by atoms with van der Waals surface area (Å²) < 4.78 is 1.46. The Morgan fingerprint density at radius 1 is 1.12 bits per heavy atom. The highest BCUT2D eigenvalue weighted by molar-refractivity contribution is 6.02. The van der Waals surface area contributed by atoms with Gasteiger partial charge in [-0.05, 0) is 24.3 Å². The summed E-state index contributed by atoms with van der Waals surface area (Å²) in [6, 6.07) is 5.72. The third kappa shape index (κ3) is 2.00. The van der Waals surface area contributed by atoms with Crippen molar-refractivity contribution in [3.05, 3.63) is 47.8 Å². The second-order valence-corrected chi connectivity index (χ2v) is 3.29. The second-order valence-electron chi connectivity index (χ2n) is 3.29. The molecular weight excluding hydrogens is 224 g/mol. The van der Waals surface area contributed by atoms with Crippen molar-refractivity contribution in [1.82, 2.24) is 9.78 Å². The second kappa shape index (κ2) is 4.09. The maximum absolute atomic E-state index is 11.0. The number of carboxylic acids is 2. The normalized spacial score (nSPS) is 10.1. The summed E-state index contributed by atoms with van der Waals surface area (Å²) in [5.74, 6) is -2.55. The van der Waals surface area contributed by atoms with E-state index in [9.17, 15) is 9.59 Å². The van der Waals surface area contributed by atoms with Gasteiger partial charge in [-0.1, -0.05) is 0 Å². The zero-order valence-corrected chi connectivity index (χ0v) is 8.57. The lowest BCUT2D eigenvalue weighted by Crippen LogP contribution is -2.09. The van der Waals surface area contributed by atoms with Crippen LogP contribution in [0.2, 0.25) is 0 Å². The molecule has 86 valence electrons. The highest BCUT2D eigenvalue weighted by atomic mass is 16.4. The first-order valence-electron chi connectivity index (χ1n) is 4.70. The Labute approximate surface area is 95.7 Å². The third-order valence-corrected chi connectivity index (χ3v) is 2.23. The number of benzene rings is 1. The molecular formula is C11H8N2O4. The van der Waals surface area contributed by atoms with Gasteiger partial charge in [0.1, 0.15) is 0 Å². The van der Waals surface area contributed by atoms with E-state index in [2.05, 4.69) is 5.10 Å². The summed E-state index contributed by atoms with van der Waals surface area (Å²) in [4.78, 5) is 21.8. The molecule has 1 aromatic carbocycles. The molecule has 0 bridgehead atoms. The lowest BCUT2D eigenvalue weighted by Gasteiger charge is -2.05. The lowest BCUT2D eigenvalue weighted by molar-refractivity contribution is 0.0651. The molecule has 0 fully saturated rings. The van der Waals surface area contributed by atoms with E-state index in [1.807, 2.05) is 0 Å². The maximum Gasteiger partial charge on any atom is 0.336 e. The van der Waals surface area contributed by atoms with Crippen LogP contribution in [-0.4, -0.2) is 31.9 Å². The number of aromatic nitrogens is 2. The first kappa shape index (κ1) is 10.9. The molecule has 0 amide bonds. The van der Waals surface area contributed by atoms with Crippen LogP contribution in [0.5, 0.6) is 0 Å². The molecule has 0 aliphatic heterocycles. The molecule has 6 nitrogen and oxygen atoms in total. The quantitative estimate of drug-likeness (QED) is 0.831. The van der Waals surface area contributed by atoms with E-state index in [1.54, 1.807) is 18.5 Å². The Balaban J connectivity index is 2.57. The number of hydrogen-bond acceptors (Lipinski definition) is 3. The van der Waals surface area contributed by atoms with Gasteiger partial charge in [0.2, 0.25) is 0 Å². The van der Waals surface area contributed by atoms with Gasteiger partial charge in [-0.15, -0.1) is 0 Å². The Hall–Kier alpha value is -2.63. The monoisotopic (exact) mass is 232 g/mol. The van der Waals surface area contributed by atoms with Crippen molar-refractivity contribution >= 4 is 11.9 Å². The molecule has 0 unspecified atom stereocenters. The van der Waals surface area contributed by atoms with Gasteiger partial charge in [0.15, 0.2) is 0 Å². The van der Waals surface area contributed by atoms with Gasteiger partial charge in [0, 0.05) is 12.4 Å². The van der Waals surface area contributed by atoms with E-state index in [0.29, 0.717) is 5.69 Å². The molecule has 1 aromatic heterocycles. The molecule has 0 spiro atoms. The standard InChI is InChI=1S/C11H8N2O4/c14-10(15)8-3-2-7(6-9(8)11(16)17)13-5-1-4-12-13/h1-6H,(H,14,15)(H,16,17). The molecule has 17 heavy (non-hydrogen) atoms. The predicted molar refractivity (Wildman–Crippen MR) is 57.5 cm³/mol. The van der Waals surface area contributed by atoms with Crippen LogP contribution < -0.4 is 0 Å². The number of carbonyl (C=O) groups is 2. The molecule has 0 atom stereocenters. The Morgan fingerprint density at radius 3 is 2.35 bits per heavy atom. The fourth-order valence-electron chi connectivity index (χ4n) is 1.46. The number of hydrogen-bond donors (Lipinski definition) is 2. The van der Waals surface area contributed by atoms with Crippen molar-refractivity contribution in [2.75, 3.05) is 0 Å². The maximum atomic E-state index is 11.0. The van der Waals surface area contributed by atoms with Crippen LogP contribution in [-0.2, 0) is 0 Å². The van der Waals surface area contributed by atoms with E-state index in [-0.39, 0.29) is 11.1 Å². The highest BCUT2D eigenvalue weighted by Crippen LogP contribution is 2.15. The first-order valence-corrected chi connectivity index (χ1v) is 4.70. The third-order valence-electron chi connectivity index (χ3n) is 2.23. The minimum Gasteiger partial charge on any atom is -0.478 e. The summed E-state index contributed by atoms with van der Waals surface area (Å²) in [5.41, 5.74) is -0.00342. The lowest BCUT2D eigenvalue weighted by atomic mass is 10.1. The molecule has 0 saturated carbocycles. The Bertz CT molecular complexity index is 575. The van der Waals surface area contributed by atoms with Crippen molar-refractivity contribution in [1.29, 1.82) is 0 Å². The molecule has 0 aliphatic rings. The van der Waals surface area contributed by atoms with Gasteiger partial charge in [-0.3, -0.25) is 0 Å². The summed E-state index contributed by atoms with van der Waals surface area (Å²) >= 11 is 0. The van der Waals surface area contributed by atoms with Gasteiger partial charge >= 0.3 is 11.9 Å². The first-order chi connectivity index (χ1) is 8.09. The minimum atomic E-state index is -1.28. The number of aromatic carboxylic acids is 2. The van der Waals surface area contributed by atoms with E-state index in [4.69, 9.17) is 10.2 Å². The number of carboxylic acid groups (broad SMARTS) is 2. The van der Waals surface area contributed by atoms with Crippen LogP contribution in [0.4, 0.5) is 0 Å². The summed E-state index contributed by atoms with van der Waals surface area (Å²) in [6.07, 6.45) is 3.19. The van der Waals surface area contributed by atoms with E-state index in [0.717, 1.165) is 0 Å². The molecule has 0 saturated heterocycles. The molecule has 0 radical (unpaired) electrons. The van der Waals surface area contributed by atoms with E-state index in [1.165, 1.54) is 22.9 Å². The zero-order valence-electron chi connectivity index (χ0n) is 8.57. The number of nitrogens with zero attached hydrogens (tertiary/aromatic N) is 2. The molecule has 1 heterocycles. The van der Waals surface area contributed by atoms with E-state index < -0.39 is 11.9 Å². The van der Waals surface area contributed by atoms with Crippen LogP contribution >= 0.6 is 0 Å². The largest absolute Gasteiger partial charge is 0.478 e. The molecule has 2 aromatic rings. The average Bonchev–Trinajstić information content (AvgIpc) is 2.81. The smallest absolute Gasteiger partial charge is 0.336 e. The van der Waals surface area contributed by atoms with E-state index >= 15 is 0 Å². The van der Waals surface area contributed by atoms with Crippen LogP contribution in [0.15, 0.2) is 36.7 Å². The molecule has 6 heteroatoms. The van der Waals surface area contributed by atoms with Crippen molar-refractivity contribution in [3.8, 4) is 5.69 Å². The van der Waals surface area contributed by atoms with Crippen molar-refractivity contribution < 1.29 is 19.8 Å². The fourth-order valence-corrected chi connectivity index (χ4v) is 1.46. The highest BCUT2D eigenvalue weighted by Gasteiger charge is 2.16. The molecule has 0 aliphatic carbocycles. The Kier molecular flexibility index (Phi) is 2.61. The average molecular weight is 232 g/mol. The van der Waals surface area contributed by atoms with Gasteiger partial charge < -0.3 is 10.2 Å². The topological polar surface area (TPSA) is 92.4 Å².